The van der Waals surface area contributed by atoms with Crippen LogP contribution in [0.15, 0.2) is 53.6 Å². The highest BCUT2D eigenvalue weighted by Gasteiger charge is 2.34. The van der Waals surface area contributed by atoms with Crippen molar-refractivity contribution in [2.45, 2.75) is 25.7 Å². The summed E-state index contributed by atoms with van der Waals surface area (Å²) in [5.74, 6) is 0.927. The summed E-state index contributed by atoms with van der Waals surface area (Å²) in [6.07, 6.45) is 6.15. The van der Waals surface area contributed by atoms with Gasteiger partial charge in [-0.3, -0.25) is 4.79 Å². The standard InChI is InChI=1S/C16H16O/c1-11-10-15-13(12-6-3-2-4-7-12)8-5-9-14(15)16(11)17/h2-7,9,11,13H,8,10H2,1H3. The van der Waals surface area contributed by atoms with Gasteiger partial charge in [0.15, 0.2) is 5.78 Å². The number of allylic oxidation sites excluding steroid dienone is 4. The molecule has 0 spiro atoms. The summed E-state index contributed by atoms with van der Waals surface area (Å²) in [7, 11) is 0. The summed E-state index contributed by atoms with van der Waals surface area (Å²) in [6.45, 7) is 2.04. The quantitative estimate of drug-likeness (QED) is 0.711. The highest BCUT2D eigenvalue weighted by molar-refractivity contribution is 6.03. The van der Waals surface area contributed by atoms with Gasteiger partial charge in [-0.25, -0.2) is 0 Å². The molecule has 1 aromatic rings. The first-order valence-corrected chi connectivity index (χ1v) is 6.26. The van der Waals surface area contributed by atoms with E-state index in [1.54, 1.807) is 0 Å². The molecule has 2 unspecified atom stereocenters. The van der Waals surface area contributed by atoms with E-state index in [0.29, 0.717) is 11.7 Å². The number of rotatable bonds is 1. The van der Waals surface area contributed by atoms with Gasteiger partial charge in [0.1, 0.15) is 0 Å². The summed E-state index contributed by atoms with van der Waals surface area (Å²) in [5, 5.41) is 0. The Bertz CT molecular complexity index is 508. The fourth-order valence-electron chi connectivity index (χ4n) is 2.96. The summed E-state index contributed by atoms with van der Waals surface area (Å²) in [5.41, 5.74) is 3.68. The van der Waals surface area contributed by atoms with Crippen molar-refractivity contribution >= 4 is 5.78 Å². The monoisotopic (exact) mass is 224 g/mol. The van der Waals surface area contributed by atoms with Gasteiger partial charge in [0, 0.05) is 17.4 Å². The Labute approximate surface area is 102 Å². The molecule has 0 saturated carbocycles. The largest absolute Gasteiger partial charge is 0.294 e. The molecule has 0 amide bonds. The molecular formula is C16H16O. The fraction of sp³-hybridized carbons (Fsp3) is 0.312. The molecule has 2 aliphatic rings. The number of Topliss-reactive ketones (excluding diaryl/α,β-unsaturated/α-hetero) is 1. The van der Waals surface area contributed by atoms with Crippen LogP contribution in [-0.4, -0.2) is 5.78 Å². The molecular weight excluding hydrogens is 208 g/mol. The zero-order chi connectivity index (χ0) is 11.8. The lowest BCUT2D eigenvalue weighted by Gasteiger charge is -2.21. The predicted octanol–water partition coefficient (Wildman–Crippen LogP) is 3.64. The third-order valence-electron chi connectivity index (χ3n) is 3.86. The maximum absolute atomic E-state index is 12.0. The Morgan fingerprint density at radius 2 is 1.94 bits per heavy atom. The molecule has 17 heavy (non-hydrogen) atoms. The van der Waals surface area contributed by atoms with Crippen molar-refractivity contribution in [1.29, 1.82) is 0 Å². The molecule has 1 heteroatoms. The molecule has 86 valence electrons. The number of benzene rings is 1. The van der Waals surface area contributed by atoms with Crippen molar-refractivity contribution < 1.29 is 4.79 Å². The topological polar surface area (TPSA) is 17.1 Å². The zero-order valence-electron chi connectivity index (χ0n) is 10.0. The average molecular weight is 224 g/mol. The lowest BCUT2D eigenvalue weighted by molar-refractivity contribution is -0.117. The van der Waals surface area contributed by atoms with Crippen LogP contribution >= 0.6 is 0 Å². The van der Waals surface area contributed by atoms with Gasteiger partial charge in [0.05, 0.1) is 0 Å². The molecule has 3 rings (SSSR count). The van der Waals surface area contributed by atoms with Crippen LogP contribution in [0.25, 0.3) is 0 Å². The van der Waals surface area contributed by atoms with Crippen LogP contribution in [0.1, 0.15) is 31.2 Å². The number of ketones is 1. The minimum Gasteiger partial charge on any atom is -0.294 e. The molecule has 0 heterocycles. The van der Waals surface area contributed by atoms with Crippen molar-refractivity contribution in [1.82, 2.24) is 0 Å². The van der Waals surface area contributed by atoms with Gasteiger partial charge in [-0.1, -0.05) is 55.0 Å². The Hall–Kier alpha value is -1.63. The zero-order valence-corrected chi connectivity index (χ0v) is 10.0. The van der Waals surface area contributed by atoms with Crippen molar-refractivity contribution in [3.8, 4) is 0 Å². The first-order valence-electron chi connectivity index (χ1n) is 6.26. The molecule has 0 aliphatic heterocycles. The van der Waals surface area contributed by atoms with Gasteiger partial charge in [-0.15, -0.1) is 0 Å². The van der Waals surface area contributed by atoms with E-state index in [1.807, 2.05) is 19.1 Å². The van der Waals surface area contributed by atoms with Crippen LogP contribution in [0.5, 0.6) is 0 Å². The van der Waals surface area contributed by atoms with Crippen LogP contribution in [0.2, 0.25) is 0 Å². The Kier molecular flexibility index (Phi) is 2.47. The van der Waals surface area contributed by atoms with Crippen LogP contribution < -0.4 is 0 Å². The number of hydrogen-bond donors (Lipinski definition) is 0. The normalized spacial score (nSPS) is 27.5. The van der Waals surface area contributed by atoms with Crippen LogP contribution in [0.4, 0.5) is 0 Å². The molecule has 1 nitrogen and oxygen atoms in total. The molecule has 0 fully saturated rings. The molecule has 2 atom stereocenters. The summed E-state index contributed by atoms with van der Waals surface area (Å²) in [6, 6.07) is 10.5. The maximum atomic E-state index is 12.0. The molecule has 0 radical (unpaired) electrons. The van der Waals surface area contributed by atoms with Gasteiger partial charge in [0.2, 0.25) is 0 Å². The SMILES string of the molecule is CC1CC2=C(C=CCC2c2ccccc2)C1=O. The van der Waals surface area contributed by atoms with Gasteiger partial charge >= 0.3 is 0 Å². The van der Waals surface area contributed by atoms with Crippen LogP contribution in [0.3, 0.4) is 0 Å². The van der Waals surface area contributed by atoms with Gasteiger partial charge in [-0.05, 0) is 18.4 Å². The second-order valence-electron chi connectivity index (χ2n) is 5.01. The van der Waals surface area contributed by atoms with E-state index in [9.17, 15) is 4.79 Å². The molecule has 2 aliphatic carbocycles. The lowest BCUT2D eigenvalue weighted by atomic mass is 9.83. The van der Waals surface area contributed by atoms with Gasteiger partial charge < -0.3 is 0 Å². The molecule has 0 bridgehead atoms. The van der Waals surface area contributed by atoms with E-state index in [1.165, 1.54) is 11.1 Å². The van der Waals surface area contributed by atoms with E-state index in [0.717, 1.165) is 18.4 Å². The third-order valence-corrected chi connectivity index (χ3v) is 3.86. The summed E-state index contributed by atoms with van der Waals surface area (Å²) in [4.78, 5) is 12.0. The van der Waals surface area contributed by atoms with Crippen LogP contribution in [-0.2, 0) is 4.79 Å². The second-order valence-corrected chi connectivity index (χ2v) is 5.01. The minimum atomic E-state index is 0.175. The van der Waals surface area contributed by atoms with Crippen molar-refractivity contribution in [2.75, 3.05) is 0 Å². The number of carbonyl (C=O) groups excluding carboxylic acids is 1. The average Bonchev–Trinajstić information content (AvgIpc) is 2.67. The molecule has 1 aromatic carbocycles. The van der Waals surface area contributed by atoms with E-state index in [4.69, 9.17) is 0 Å². The summed E-state index contributed by atoms with van der Waals surface area (Å²) < 4.78 is 0. The van der Waals surface area contributed by atoms with Crippen molar-refractivity contribution in [3.05, 3.63) is 59.2 Å². The van der Waals surface area contributed by atoms with Gasteiger partial charge in [-0.2, -0.15) is 0 Å². The smallest absolute Gasteiger partial charge is 0.165 e. The lowest BCUT2D eigenvalue weighted by Crippen LogP contribution is -2.06. The highest BCUT2D eigenvalue weighted by atomic mass is 16.1. The Morgan fingerprint density at radius 3 is 2.71 bits per heavy atom. The van der Waals surface area contributed by atoms with Gasteiger partial charge in [0.25, 0.3) is 0 Å². The molecule has 0 aromatic heterocycles. The predicted molar refractivity (Wildman–Crippen MR) is 68.8 cm³/mol. The van der Waals surface area contributed by atoms with Crippen molar-refractivity contribution in [3.63, 3.8) is 0 Å². The molecule has 0 N–H and O–H groups in total. The summed E-state index contributed by atoms with van der Waals surface area (Å²) >= 11 is 0. The first-order chi connectivity index (χ1) is 8.27. The van der Waals surface area contributed by atoms with E-state index in [2.05, 4.69) is 30.3 Å². The highest BCUT2D eigenvalue weighted by Crippen LogP contribution is 2.42. The van der Waals surface area contributed by atoms with E-state index < -0.39 is 0 Å². The number of carbonyl (C=O) groups is 1. The van der Waals surface area contributed by atoms with Crippen LogP contribution in [0, 0.1) is 5.92 Å². The second kappa shape index (κ2) is 3.99. The Morgan fingerprint density at radius 1 is 1.18 bits per heavy atom. The maximum Gasteiger partial charge on any atom is 0.165 e. The Balaban J connectivity index is 2.02. The fourth-order valence-corrected chi connectivity index (χ4v) is 2.96. The minimum absolute atomic E-state index is 0.175. The molecule has 0 saturated heterocycles. The van der Waals surface area contributed by atoms with Crippen molar-refractivity contribution in [2.24, 2.45) is 5.92 Å². The first kappa shape index (κ1) is 10.5. The van der Waals surface area contributed by atoms with E-state index >= 15 is 0 Å². The third kappa shape index (κ3) is 1.66. The van der Waals surface area contributed by atoms with E-state index in [-0.39, 0.29) is 5.92 Å². The number of hydrogen-bond acceptors (Lipinski definition) is 1.